The normalized spacial score (nSPS) is 12.0. The van der Waals surface area contributed by atoms with Gasteiger partial charge in [-0.2, -0.15) is 0 Å². The molecule has 0 aliphatic rings. The Kier molecular flexibility index (Phi) is 10.2. The fourth-order valence-electron chi connectivity index (χ4n) is 3.99. The molecule has 0 heterocycles. The van der Waals surface area contributed by atoms with E-state index in [0.29, 0.717) is 13.0 Å². The van der Waals surface area contributed by atoms with Crippen molar-refractivity contribution in [1.29, 1.82) is 0 Å². The number of benzene rings is 3. The van der Waals surface area contributed by atoms with Crippen LogP contribution in [0.5, 0.6) is 0 Å². The first-order chi connectivity index (χ1) is 18.1. The predicted molar refractivity (Wildman–Crippen MR) is 152 cm³/mol. The molecule has 3 aromatic rings. The minimum absolute atomic E-state index is 0.0136. The number of aryl methyl sites for hydroxylation is 1. The van der Waals surface area contributed by atoms with Crippen LogP contribution >= 0.6 is 23.2 Å². The van der Waals surface area contributed by atoms with Gasteiger partial charge in [0.15, 0.2) is 0 Å². The van der Waals surface area contributed by atoms with Gasteiger partial charge >= 0.3 is 0 Å². The number of nitrogens with one attached hydrogen (secondary N) is 1. The molecule has 38 heavy (non-hydrogen) atoms. The zero-order valence-corrected chi connectivity index (χ0v) is 23.9. The Morgan fingerprint density at radius 3 is 2.16 bits per heavy atom. The third-order valence-corrected chi connectivity index (χ3v) is 8.54. The van der Waals surface area contributed by atoms with Crippen LogP contribution in [0.3, 0.4) is 0 Å². The van der Waals surface area contributed by atoms with E-state index in [0.717, 1.165) is 15.4 Å². The molecule has 1 N–H and O–H groups in total. The maximum absolute atomic E-state index is 13.9. The smallest absolute Gasteiger partial charge is 0.264 e. The van der Waals surface area contributed by atoms with E-state index >= 15 is 0 Å². The lowest BCUT2D eigenvalue weighted by Crippen LogP contribution is -2.52. The Bertz CT molecular complexity index is 1370. The Labute approximate surface area is 234 Å². The summed E-state index contributed by atoms with van der Waals surface area (Å²) in [5.41, 5.74) is 2.05. The second-order valence-corrected chi connectivity index (χ2v) is 11.4. The lowest BCUT2D eigenvalue weighted by Gasteiger charge is -2.33. The van der Waals surface area contributed by atoms with Crippen LogP contribution in [-0.4, -0.2) is 44.3 Å². The number of hydrogen-bond acceptors (Lipinski definition) is 4. The third kappa shape index (κ3) is 7.07. The highest BCUT2D eigenvalue weighted by Gasteiger charge is 2.33. The van der Waals surface area contributed by atoms with Gasteiger partial charge in [-0.05, 0) is 56.2 Å². The molecule has 3 rings (SSSR count). The molecule has 0 fully saturated rings. The molecular formula is C28H31Cl2N3O4S. The molecule has 10 heteroatoms. The van der Waals surface area contributed by atoms with Crippen molar-refractivity contribution in [3.63, 3.8) is 0 Å². The number of nitrogens with zero attached hydrogens (tertiary/aromatic N) is 2. The predicted octanol–water partition coefficient (Wildman–Crippen LogP) is 5.44. The molecule has 0 aromatic heterocycles. The van der Waals surface area contributed by atoms with Gasteiger partial charge in [0.1, 0.15) is 12.6 Å². The van der Waals surface area contributed by atoms with Gasteiger partial charge in [-0.1, -0.05) is 78.2 Å². The summed E-state index contributed by atoms with van der Waals surface area (Å²) in [6.07, 6.45) is 0.349. The summed E-state index contributed by atoms with van der Waals surface area (Å²) in [6.45, 7) is 5.56. The van der Waals surface area contributed by atoms with E-state index in [9.17, 15) is 18.0 Å². The quantitative estimate of drug-likeness (QED) is 0.330. The average molecular weight is 577 g/mol. The molecule has 0 saturated heterocycles. The van der Waals surface area contributed by atoms with Gasteiger partial charge in [0.2, 0.25) is 11.8 Å². The number of anilines is 1. The molecule has 2 amide bonds. The Morgan fingerprint density at radius 1 is 0.921 bits per heavy atom. The number of carbonyl (C=O) groups excluding carboxylic acids is 2. The SMILES string of the molecule is CCNC(=O)[C@H](CC)N(Cc1ccc(C)cc1)C(=O)CN(c1ccc(Cl)c(Cl)c1)S(=O)(=O)c1ccccc1. The van der Waals surface area contributed by atoms with Crippen molar-refractivity contribution in [3.05, 3.63) is 94.0 Å². The van der Waals surface area contributed by atoms with Crippen LogP contribution in [0.15, 0.2) is 77.7 Å². The molecule has 0 saturated carbocycles. The van der Waals surface area contributed by atoms with Crippen molar-refractivity contribution in [3.8, 4) is 0 Å². The van der Waals surface area contributed by atoms with E-state index in [-0.39, 0.29) is 33.1 Å². The van der Waals surface area contributed by atoms with Gasteiger partial charge in [-0.3, -0.25) is 13.9 Å². The van der Waals surface area contributed by atoms with Crippen LogP contribution in [0.1, 0.15) is 31.4 Å². The van der Waals surface area contributed by atoms with Crippen molar-refractivity contribution in [2.45, 2.75) is 44.7 Å². The summed E-state index contributed by atoms with van der Waals surface area (Å²) in [5.74, 6) is -0.836. The molecule has 0 spiro atoms. The topological polar surface area (TPSA) is 86.8 Å². The molecule has 0 aliphatic heterocycles. The number of carbonyl (C=O) groups is 2. The van der Waals surface area contributed by atoms with Crippen LogP contribution in [0.25, 0.3) is 0 Å². The molecule has 0 bridgehead atoms. The average Bonchev–Trinajstić information content (AvgIpc) is 2.90. The number of likely N-dealkylation sites (N-methyl/N-ethyl adjacent to an activating group) is 1. The Hall–Kier alpha value is -3.07. The molecule has 1 atom stereocenters. The summed E-state index contributed by atoms with van der Waals surface area (Å²) in [7, 11) is -4.17. The van der Waals surface area contributed by atoms with Crippen LogP contribution in [0, 0.1) is 6.92 Å². The largest absolute Gasteiger partial charge is 0.355 e. The minimum atomic E-state index is -4.17. The van der Waals surface area contributed by atoms with Gasteiger partial charge in [0.25, 0.3) is 10.0 Å². The second kappa shape index (κ2) is 13.1. The molecule has 3 aromatic carbocycles. The summed E-state index contributed by atoms with van der Waals surface area (Å²) >= 11 is 12.3. The third-order valence-electron chi connectivity index (χ3n) is 6.01. The Balaban J connectivity index is 2.06. The van der Waals surface area contributed by atoms with E-state index in [1.54, 1.807) is 25.1 Å². The van der Waals surface area contributed by atoms with Gasteiger partial charge in [-0.25, -0.2) is 8.42 Å². The van der Waals surface area contributed by atoms with Gasteiger partial charge in [0.05, 0.1) is 20.6 Å². The van der Waals surface area contributed by atoms with Crippen LogP contribution in [-0.2, 0) is 26.2 Å². The first-order valence-electron chi connectivity index (χ1n) is 12.2. The maximum atomic E-state index is 13.9. The molecule has 0 unspecified atom stereocenters. The zero-order valence-electron chi connectivity index (χ0n) is 21.5. The lowest BCUT2D eigenvalue weighted by atomic mass is 10.1. The van der Waals surface area contributed by atoms with Crippen molar-refractivity contribution in [2.24, 2.45) is 0 Å². The summed E-state index contributed by atoms with van der Waals surface area (Å²) in [6, 6.07) is 19.0. The monoisotopic (exact) mass is 575 g/mol. The van der Waals surface area contributed by atoms with Crippen LogP contribution in [0.2, 0.25) is 10.0 Å². The standard InChI is InChI=1S/C28H31Cl2N3O4S/c1-4-26(28(35)31-5-2)32(18-21-13-11-20(3)12-14-21)27(34)19-33(22-15-16-24(29)25(30)17-22)38(36,37)23-9-7-6-8-10-23/h6-17,26H,4-5,18-19H2,1-3H3,(H,31,35)/t26-/m0/s1. The number of hydrogen-bond donors (Lipinski definition) is 1. The molecule has 202 valence electrons. The molecule has 7 nitrogen and oxygen atoms in total. The number of amides is 2. The second-order valence-electron chi connectivity index (χ2n) is 8.75. The van der Waals surface area contributed by atoms with Crippen molar-refractivity contribution in [1.82, 2.24) is 10.2 Å². The number of sulfonamides is 1. The first kappa shape index (κ1) is 29.5. The van der Waals surface area contributed by atoms with Crippen molar-refractivity contribution in [2.75, 3.05) is 17.4 Å². The lowest BCUT2D eigenvalue weighted by molar-refractivity contribution is -0.140. The van der Waals surface area contributed by atoms with Gasteiger partial charge in [-0.15, -0.1) is 0 Å². The maximum Gasteiger partial charge on any atom is 0.264 e. The van der Waals surface area contributed by atoms with E-state index < -0.39 is 28.5 Å². The number of rotatable bonds is 11. The van der Waals surface area contributed by atoms with Crippen molar-refractivity contribution < 1.29 is 18.0 Å². The zero-order chi connectivity index (χ0) is 27.9. The first-order valence-corrected chi connectivity index (χ1v) is 14.4. The van der Waals surface area contributed by atoms with Gasteiger partial charge in [0, 0.05) is 13.1 Å². The van der Waals surface area contributed by atoms with E-state index in [1.807, 2.05) is 38.1 Å². The minimum Gasteiger partial charge on any atom is -0.355 e. The van der Waals surface area contributed by atoms with Crippen molar-refractivity contribution >= 4 is 50.7 Å². The fourth-order valence-corrected chi connectivity index (χ4v) is 5.71. The van der Waals surface area contributed by atoms with Crippen LogP contribution < -0.4 is 9.62 Å². The van der Waals surface area contributed by atoms with E-state index in [4.69, 9.17) is 23.2 Å². The van der Waals surface area contributed by atoms with Crippen LogP contribution in [0.4, 0.5) is 5.69 Å². The highest BCUT2D eigenvalue weighted by atomic mass is 35.5. The Morgan fingerprint density at radius 2 is 1.58 bits per heavy atom. The summed E-state index contributed by atoms with van der Waals surface area (Å²) in [5, 5.41) is 3.19. The highest BCUT2D eigenvalue weighted by Crippen LogP contribution is 2.31. The molecular weight excluding hydrogens is 545 g/mol. The number of halogens is 2. The molecule has 0 radical (unpaired) electrons. The molecule has 0 aliphatic carbocycles. The summed E-state index contributed by atoms with van der Waals surface area (Å²) < 4.78 is 28.5. The van der Waals surface area contributed by atoms with E-state index in [1.165, 1.54) is 35.2 Å². The summed E-state index contributed by atoms with van der Waals surface area (Å²) in [4.78, 5) is 28.3. The fraction of sp³-hybridized carbons (Fsp3) is 0.286. The van der Waals surface area contributed by atoms with E-state index in [2.05, 4.69) is 5.32 Å². The van der Waals surface area contributed by atoms with Gasteiger partial charge < -0.3 is 10.2 Å². The highest BCUT2D eigenvalue weighted by molar-refractivity contribution is 7.92.